The molecule has 0 aliphatic rings. The molecule has 9 amide bonds. The number of alkyl carbamates (subject to hydrolysis) is 1. The van der Waals surface area contributed by atoms with Gasteiger partial charge in [-0.3, -0.25) is 54.0 Å². The Labute approximate surface area is 474 Å². The van der Waals surface area contributed by atoms with Crippen LogP contribution in [0.25, 0.3) is 10.9 Å². The lowest BCUT2D eigenvalue weighted by atomic mass is 10.0. The number of carbonyl (C=O) groups is 10. The van der Waals surface area contributed by atoms with Crippen LogP contribution < -0.4 is 53.8 Å². The predicted octanol–water partition coefficient (Wildman–Crippen LogP) is 1.74. The van der Waals surface area contributed by atoms with Crippen LogP contribution in [0.15, 0.2) is 115 Å². The van der Waals surface area contributed by atoms with Crippen LogP contribution >= 0.6 is 0 Å². The third-order valence-corrected chi connectivity index (χ3v) is 12.7. The van der Waals surface area contributed by atoms with Gasteiger partial charge >= 0.3 is 12.1 Å². The zero-order chi connectivity index (χ0) is 59.9. The number of benzene rings is 4. The van der Waals surface area contributed by atoms with Crippen LogP contribution in [-0.2, 0) is 73.6 Å². The van der Waals surface area contributed by atoms with Crippen LogP contribution in [0, 0.1) is 0 Å². The molecule has 5 rings (SSSR count). The number of carboxylic acids is 1. The van der Waals surface area contributed by atoms with E-state index >= 15 is 0 Å². The second-order valence-corrected chi connectivity index (χ2v) is 20.6. The maximum Gasteiger partial charge on any atom is 0.408 e. The van der Waals surface area contributed by atoms with Crippen molar-refractivity contribution in [2.75, 3.05) is 6.54 Å². The molecule has 0 saturated heterocycles. The number of H-pyrrole nitrogens is 1. The van der Waals surface area contributed by atoms with Crippen molar-refractivity contribution in [1.29, 1.82) is 0 Å². The highest BCUT2D eigenvalue weighted by Gasteiger charge is 2.34. The summed E-state index contributed by atoms with van der Waals surface area (Å²) in [5.41, 5.74) is 12.9. The fourth-order valence-corrected chi connectivity index (χ4v) is 8.40. The van der Waals surface area contributed by atoms with E-state index in [0.29, 0.717) is 35.1 Å². The topological polar surface area (TPSA) is 370 Å². The van der Waals surface area contributed by atoms with E-state index in [4.69, 9.17) is 10.5 Å². The number of amides is 9. The van der Waals surface area contributed by atoms with Gasteiger partial charge in [0.2, 0.25) is 35.4 Å². The quantitative estimate of drug-likeness (QED) is 0.0318. The van der Waals surface area contributed by atoms with Gasteiger partial charge in [0.25, 0.3) is 11.8 Å². The van der Waals surface area contributed by atoms with Gasteiger partial charge in [-0.1, -0.05) is 111 Å². The predicted molar refractivity (Wildman–Crippen MR) is 302 cm³/mol. The number of hydrogen-bond acceptors (Lipinski definition) is 13. The molecule has 0 bridgehead atoms. The first-order valence-corrected chi connectivity index (χ1v) is 26.7. The van der Waals surface area contributed by atoms with Crippen molar-refractivity contribution in [3.63, 3.8) is 0 Å². The minimum absolute atomic E-state index is 0.0280. The maximum absolute atomic E-state index is 14.2. The van der Waals surface area contributed by atoms with Gasteiger partial charge in [-0.2, -0.15) is 0 Å². The Morgan fingerprint density at radius 3 is 1.67 bits per heavy atom. The number of hydrazine groups is 1. The number of aliphatic carboxylic acids is 1. The summed E-state index contributed by atoms with van der Waals surface area (Å²) >= 11 is 0. The molecule has 1 aromatic heterocycles. The highest BCUT2D eigenvalue weighted by molar-refractivity contribution is 5.98. The molecule has 0 fully saturated rings. The first-order valence-electron chi connectivity index (χ1n) is 26.7. The van der Waals surface area contributed by atoms with Crippen molar-refractivity contribution >= 4 is 70.2 Å². The summed E-state index contributed by atoms with van der Waals surface area (Å²) in [4.78, 5) is 138. The van der Waals surface area contributed by atoms with Gasteiger partial charge < -0.3 is 62.9 Å². The molecule has 7 atom stereocenters. The van der Waals surface area contributed by atoms with Gasteiger partial charge in [-0.05, 0) is 81.0 Å². The number of nitrogens with one attached hydrogen (secondary N) is 10. The minimum atomic E-state index is -1.81. The molecule has 0 spiro atoms. The zero-order valence-corrected chi connectivity index (χ0v) is 46.3. The summed E-state index contributed by atoms with van der Waals surface area (Å²) in [6.07, 6.45) is 0.641. The van der Waals surface area contributed by atoms with Gasteiger partial charge in [0.1, 0.15) is 47.6 Å². The third-order valence-electron chi connectivity index (χ3n) is 12.7. The number of nitrogens with two attached hydrogens (primary N) is 1. The number of rotatable bonds is 28. The Kier molecular flexibility index (Phi) is 23.9. The van der Waals surface area contributed by atoms with Crippen LogP contribution in [0.2, 0.25) is 0 Å². The molecule has 14 N–H and O–H groups in total. The lowest BCUT2D eigenvalue weighted by Crippen LogP contribution is -2.61. The smallest absolute Gasteiger partial charge is 0.408 e. The minimum Gasteiger partial charge on any atom is -0.508 e. The van der Waals surface area contributed by atoms with Crippen molar-refractivity contribution in [2.45, 2.75) is 134 Å². The van der Waals surface area contributed by atoms with E-state index in [0.717, 1.165) is 10.9 Å². The molecule has 0 aliphatic heterocycles. The van der Waals surface area contributed by atoms with Crippen LogP contribution in [0.1, 0.15) is 82.6 Å². The van der Waals surface area contributed by atoms with E-state index < -0.39 is 120 Å². The van der Waals surface area contributed by atoms with Crippen LogP contribution in [-0.4, -0.2) is 129 Å². The Morgan fingerprint density at radius 2 is 1.09 bits per heavy atom. The number of aromatic amines is 1. The molecule has 24 heteroatoms. The molecule has 82 heavy (non-hydrogen) atoms. The van der Waals surface area contributed by atoms with E-state index in [9.17, 15) is 58.2 Å². The molecule has 438 valence electrons. The Morgan fingerprint density at radius 1 is 0.573 bits per heavy atom. The number of carbonyl (C=O) groups excluding carboxylic acids is 9. The largest absolute Gasteiger partial charge is 0.508 e. The van der Waals surface area contributed by atoms with Crippen molar-refractivity contribution in [2.24, 2.45) is 5.73 Å². The molecule has 0 unspecified atom stereocenters. The van der Waals surface area contributed by atoms with Crippen molar-refractivity contribution < 1.29 is 62.9 Å². The monoisotopic (exact) mass is 1130 g/mol. The lowest BCUT2D eigenvalue weighted by molar-refractivity contribution is -0.141. The molecule has 0 radical (unpaired) electrons. The summed E-state index contributed by atoms with van der Waals surface area (Å²) in [6.45, 7) is 7.56. The van der Waals surface area contributed by atoms with Crippen molar-refractivity contribution in [3.8, 4) is 5.75 Å². The second-order valence-electron chi connectivity index (χ2n) is 20.6. The van der Waals surface area contributed by atoms with E-state index in [1.54, 1.807) is 99.8 Å². The molecule has 24 nitrogen and oxygen atoms in total. The van der Waals surface area contributed by atoms with E-state index in [1.165, 1.54) is 19.1 Å². The number of hydrogen-bond donors (Lipinski definition) is 13. The second kappa shape index (κ2) is 30.9. The lowest BCUT2D eigenvalue weighted by Gasteiger charge is -2.27. The van der Waals surface area contributed by atoms with Gasteiger partial charge in [0.05, 0.1) is 19.0 Å². The SMILES string of the molecule is CCCC[C@H](NC(=O)[C@H](Cc1c[nH]c2ccccc12)NC(=O)OC(C)(C)C)C(=O)N[C@@H](CC(=O)O)C(=O)N[C@@H](Cc1ccccc1)C(=O)NNC(=O)[C@H](Cc1ccccc1)NC(=O)CNC(=O)[C@@H](C)NC(=O)[C@@H](N)Cc1ccc(O)cc1. The average Bonchev–Trinajstić information content (AvgIpc) is 4.11. The normalized spacial score (nSPS) is 13.7. The molecule has 5 aromatic rings. The number of carboxylic acid groups (broad SMARTS) is 1. The molecular formula is C58H73N11O13. The first-order chi connectivity index (χ1) is 39.0. The number of fused-ring (bicyclic) bond motifs is 1. The highest BCUT2D eigenvalue weighted by Crippen LogP contribution is 2.20. The molecule has 0 saturated carbocycles. The Bertz CT molecular complexity index is 3000. The number of aromatic hydroxyl groups is 1. The summed E-state index contributed by atoms with van der Waals surface area (Å²) in [6, 6.07) is 20.8. The van der Waals surface area contributed by atoms with E-state index in [1.807, 2.05) is 31.2 Å². The Hall–Kier alpha value is -9.32. The number of ether oxygens (including phenoxy) is 1. The summed E-state index contributed by atoms with van der Waals surface area (Å²) in [7, 11) is 0. The molecular weight excluding hydrogens is 1060 g/mol. The third kappa shape index (κ3) is 21.1. The fraction of sp³-hybridized carbons (Fsp3) is 0.379. The summed E-state index contributed by atoms with van der Waals surface area (Å²) in [5.74, 6) is -8.40. The standard InChI is InChI=1S/C58H73N11O13/c1-6-7-21-43(64-53(77)46(67-57(81)82-58(3,4)5)30-38-32-60-42-22-15-14-20-40(38)42)52(76)66-47(31-49(72)73)54(78)65-45(29-36-18-12-9-13-19-36)56(80)69-68-55(79)44(28-35-16-10-8-11-17-35)63-48(71)33-61-50(74)34(2)62-51(75)41(59)27-37-23-25-39(70)26-24-37/h8-20,22-26,32,34,41,43-47,60,70H,6-7,21,27-31,33,59H2,1-5H3,(H,61,74)(H,62,75)(H,63,71)(H,64,77)(H,65,78)(H,66,76)(H,67,81)(H,68,79)(H,69,80)(H,72,73)/t34-,41+,43+,44+,45+,46+,47+/m1/s1. The summed E-state index contributed by atoms with van der Waals surface area (Å²) in [5, 5.41) is 38.0. The van der Waals surface area contributed by atoms with Crippen LogP contribution in [0.4, 0.5) is 4.79 Å². The van der Waals surface area contributed by atoms with Gasteiger partial charge in [-0.15, -0.1) is 0 Å². The zero-order valence-electron chi connectivity index (χ0n) is 46.3. The van der Waals surface area contributed by atoms with Crippen LogP contribution in [0.3, 0.4) is 0 Å². The van der Waals surface area contributed by atoms with Crippen molar-refractivity contribution in [3.05, 3.63) is 138 Å². The van der Waals surface area contributed by atoms with Gasteiger partial charge in [0, 0.05) is 36.4 Å². The number of phenolic OH excluding ortho intramolecular Hbond substituents is 1. The summed E-state index contributed by atoms with van der Waals surface area (Å²) < 4.78 is 5.45. The highest BCUT2D eigenvalue weighted by atomic mass is 16.6. The molecule has 1 heterocycles. The molecule has 0 aliphatic carbocycles. The Balaban J connectivity index is 1.27. The fourth-order valence-electron chi connectivity index (χ4n) is 8.40. The van der Waals surface area contributed by atoms with Crippen molar-refractivity contribution in [1.82, 2.24) is 53.1 Å². The number of para-hydroxylation sites is 1. The first kappa shape index (κ1) is 63.5. The number of aromatic nitrogens is 1. The van der Waals surface area contributed by atoms with E-state index in [-0.39, 0.29) is 37.9 Å². The van der Waals surface area contributed by atoms with E-state index in [2.05, 4.69) is 53.1 Å². The maximum atomic E-state index is 14.2. The average molecular weight is 1130 g/mol. The number of phenols is 1. The number of unbranched alkanes of at least 4 members (excludes halogenated alkanes) is 1. The van der Waals surface area contributed by atoms with Crippen LogP contribution in [0.5, 0.6) is 5.75 Å². The van der Waals surface area contributed by atoms with Gasteiger partial charge in [-0.25, -0.2) is 4.79 Å². The van der Waals surface area contributed by atoms with Gasteiger partial charge in [0.15, 0.2) is 0 Å². The molecule has 4 aromatic carbocycles.